The first-order chi connectivity index (χ1) is 9.70. The van der Waals surface area contributed by atoms with Gasteiger partial charge in [-0.3, -0.25) is 0 Å². The molecule has 0 aliphatic carbocycles. The number of hydrogen-bond acceptors (Lipinski definition) is 2. The first-order valence-corrected chi connectivity index (χ1v) is 7.57. The van der Waals surface area contributed by atoms with Gasteiger partial charge in [0.15, 0.2) is 0 Å². The van der Waals surface area contributed by atoms with Gasteiger partial charge < -0.3 is 10.1 Å². The highest BCUT2D eigenvalue weighted by Gasteiger charge is 2.32. The van der Waals surface area contributed by atoms with Crippen LogP contribution in [0.5, 0.6) is 0 Å². The van der Waals surface area contributed by atoms with Crippen molar-refractivity contribution in [2.24, 2.45) is 0 Å². The highest BCUT2D eigenvalue weighted by molar-refractivity contribution is 5.83. The predicted molar refractivity (Wildman–Crippen MR) is 84.0 cm³/mol. The normalized spacial score (nSPS) is 26.8. The van der Waals surface area contributed by atoms with Crippen LogP contribution in [0.1, 0.15) is 38.4 Å². The minimum absolute atomic E-state index is 0.0384. The van der Waals surface area contributed by atoms with E-state index in [-0.39, 0.29) is 11.7 Å². The third kappa shape index (κ3) is 2.72. The first kappa shape index (κ1) is 13.6. The Morgan fingerprint density at radius 2 is 2.00 bits per heavy atom. The summed E-state index contributed by atoms with van der Waals surface area (Å²) < 4.78 is 6.39. The molecule has 0 spiro atoms. The lowest BCUT2D eigenvalue weighted by Crippen LogP contribution is -2.48. The van der Waals surface area contributed by atoms with Crippen LogP contribution in [0.4, 0.5) is 0 Å². The van der Waals surface area contributed by atoms with Gasteiger partial charge in [0.2, 0.25) is 0 Å². The van der Waals surface area contributed by atoms with Crippen LogP contribution in [-0.2, 0) is 4.74 Å². The van der Waals surface area contributed by atoms with Gasteiger partial charge >= 0.3 is 0 Å². The number of hydrogen-bond donors (Lipinski definition) is 1. The Kier molecular flexibility index (Phi) is 3.77. The lowest BCUT2D eigenvalue weighted by molar-refractivity contribution is -0.112. The van der Waals surface area contributed by atoms with Crippen molar-refractivity contribution < 1.29 is 4.74 Å². The summed E-state index contributed by atoms with van der Waals surface area (Å²) in [5.74, 6) is 0. The number of fused-ring (bicyclic) bond motifs is 1. The van der Waals surface area contributed by atoms with Gasteiger partial charge in [-0.15, -0.1) is 0 Å². The molecule has 2 unspecified atom stereocenters. The van der Waals surface area contributed by atoms with Crippen LogP contribution in [0.3, 0.4) is 0 Å². The lowest BCUT2D eigenvalue weighted by Gasteiger charge is -2.39. The van der Waals surface area contributed by atoms with Gasteiger partial charge in [0.25, 0.3) is 0 Å². The average Bonchev–Trinajstić information content (AvgIpc) is 2.47. The molecule has 1 heterocycles. The second-order valence-electron chi connectivity index (χ2n) is 6.04. The molecule has 20 heavy (non-hydrogen) atoms. The molecule has 0 radical (unpaired) electrons. The Labute approximate surface area is 121 Å². The number of ether oxygens (including phenoxy) is 1. The summed E-state index contributed by atoms with van der Waals surface area (Å²) >= 11 is 0. The number of rotatable bonds is 3. The predicted octanol–water partition coefficient (Wildman–Crippen LogP) is 4.06. The number of benzene rings is 2. The second-order valence-corrected chi connectivity index (χ2v) is 6.04. The molecule has 2 aromatic carbocycles. The maximum Gasteiger partial charge on any atom is 0.0957 e. The summed E-state index contributed by atoms with van der Waals surface area (Å²) in [6.45, 7) is 6.29. The van der Waals surface area contributed by atoms with Crippen LogP contribution < -0.4 is 5.32 Å². The molecular formula is C18H23NO. The van der Waals surface area contributed by atoms with E-state index in [4.69, 9.17) is 4.74 Å². The maximum atomic E-state index is 6.39. The van der Waals surface area contributed by atoms with E-state index >= 15 is 0 Å². The standard InChI is InChI=1S/C18H23NO/c1-3-10-18(2)13-19-12-17(20-18)16-9-8-14-6-4-5-7-15(14)11-16/h4-9,11,17,19H,3,10,12-13H2,1-2H3. The zero-order chi connectivity index (χ0) is 14.0. The third-order valence-electron chi connectivity index (χ3n) is 4.18. The van der Waals surface area contributed by atoms with Gasteiger partial charge in [0, 0.05) is 13.1 Å². The molecular weight excluding hydrogens is 246 g/mol. The third-order valence-corrected chi connectivity index (χ3v) is 4.18. The van der Waals surface area contributed by atoms with Crippen molar-refractivity contribution in [1.29, 1.82) is 0 Å². The molecule has 2 atom stereocenters. The summed E-state index contributed by atoms with van der Waals surface area (Å²) in [6, 6.07) is 15.2. The van der Waals surface area contributed by atoms with Gasteiger partial charge in [-0.25, -0.2) is 0 Å². The fourth-order valence-electron chi connectivity index (χ4n) is 3.16. The van der Waals surface area contributed by atoms with E-state index in [1.54, 1.807) is 0 Å². The van der Waals surface area contributed by atoms with Gasteiger partial charge in [0.1, 0.15) is 0 Å². The van der Waals surface area contributed by atoms with E-state index in [9.17, 15) is 0 Å². The van der Waals surface area contributed by atoms with Crippen LogP contribution in [0, 0.1) is 0 Å². The van der Waals surface area contributed by atoms with Gasteiger partial charge in [-0.1, -0.05) is 49.7 Å². The Balaban J connectivity index is 1.86. The van der Waals surface area contributed by atoms with Crippen molar-refractivity contribution in [2.45, 2.75) is 38.4 Å². The van der Waals surface area contributed by atoms with Crippen molar-refractivity contribution in [3.63, 3.8) is 0 Å². The smallest absolute Gasteiger partial charge is 0.0957 e. The highest BCUT2D eigenvalue weighted by Crippen LogP contribution is 2.31. The molecule has 0 amide bonds. The van der Waals surface area contributed by atoms with Gasteiger partial charge in [0.05, 0.1) is 11.7 Å². The Morgan fingerprint density at radius 1 is 1.20 bits per heavy atom. The van der Waals surface area contributed by atoms with Crippen LogP contribution in [0.25, 0.3) is 10.8 Å². The van der Waals surface area contributed by atoms with Crippen LogP contribution in [0.2, 0.25) is 0 Å². The van der Waals surface area contributed by atoms with Crippen LogP contribution >= 0.6 is 0 Å². The fourth-order valence-corrected chi connectivity index (χ4v) is 3.16. The molecule has 2 heteroatoms. The summed E-state index contributed by atoms with van der Waals surface area (Å²) in [5.41, 5.74) is 1.24. The maximum absolute atomic E-state index is 6.39. The average molecular weight is 269 g/mol. The quantitative estimate of drug-likeness (QED) is 0.907. The van der Waals surface area contributed by atoms with E-state index in [0.717, 1.165) is 25.9 Å². The molecule has 1 aliphatic heterocycles. The van der Waals surface area contributed by atoms with Crippen molar-refractivity contribution >= 4 is 10.8 Å². The summed E-state index contributed by atoms with van der Waals surface area (Å²) in [6.07, 6.45) is 2.41. The second kappa shape index (κ2) is 5.55. The monoisotopic (exact) mass is 269 g/mol. The largest absolute Gasteiger partial charge is 0.365 e. The molecule has 0 bridgehead atoms. The van der Waals surface area contributed by atoms with Gasteiger partial charge in [-0.2, -0.15) is 0 Å². The molecule has 1 fully saturated rings. The zero-order valence-corrected chi connectivity index (χ0v) is 12.4. The van der Waals surface area contributed by atoms with E-state index in [0.29, 0.717) is 0 Å². The Hall–Kier alpha value is -1.38. The molecule has 2 aromatic rings. The summed E-state index contributed by atoms with van der Waals surface area (Å²) in [5, 5.41) is 6.11. The zero-order valence-electron chi connectivity index (χ0n) is 12.4. The van der Waals surface area contributed by atoms with Crippen molar-refractivity contribution in [2.75, 3.05) is 13.1 Å². The Bertz CT molecular complexity index is 591. The molecule has 1 saturated heterocycles. The number of nitrogens with one attached hydrogen (secondary N) is 1. The van der Waals surface area contributed by atoms with Crippen molar-refractivity contribution in [3.05, 3.63) is 48.0 Å². The SMILES string of the molecule is CCCC1(C)CNCC(c2ccc3ccccc3c2)O1. The van der Waals surface area contributed by atoms with Crippen LogP contribution in [-0.4, -0.2) is 18.7 Å². The lowest BCUT2D eigenvalue weighted by atomic mass is 9.95. The minimum Gasteiger partial charge on any atom is -0.365 e. The van der Waals surface area contributed by atoms with Crippen LogP contribution in [0.15, 0.2) is 42.5 Å². The van der Waals surface area contributed by atoms with Crippen molar-refractivity contribution in [1.82, 2.24) is 5.32 Å². The summed E-state index contributed by atoms with van der Waals surface area (Å²) in [7, 11) is 0. The van der Waals surface area contributed by atoms with E-state index in [1.807, 2.05) is 0 Å². The highest BCUT2D eigenvalue weighted by atomic mass is 16.5. The van der Waals surface area contributed by atoms with E-state index in [1.165, 1.54) is 16.3 Å². The van der Waals surface area contributed by atoms with E-state index in [2.05, 4.69) is 61.6 Å². The molecule has 0 aromatic heterocycles. The topological polar surface area (TPSA) is 21.3 Å². The molecule has 1 aliphatic rings. The van der Waals surface area contributed by atoms with Gasteiger partial charge in [-0.05, 0) is 35.7 Å². The minimum atomic E-state index is -0.0384. The van der Waals surface area contributed by atoms with E-state index < -0.39 is 0 Å². The molecule has 106 valence electrons. The fraction of sp³-hybridized carbons (Fsp3) is 0.444. The number of morpholine rings is 1. The molecule has 3 rings (SSSR count). The molecule has 2 nitrogen and oxygen atoms in total. The molecule has 0 saturated carbocycles. The molecule has 1 N–H and O–H groups in total. The Morgan fingerprint density at radius 3 is 2.80 bits per heavy atom. The first-order valence-electron chi connectivity index (χ1n) is 7.57. The van der Waals surface area contributed by atoms with Crippen molar-refractivity contribution in [3.8, 4) is 0 Å². The summed E-state index contributed by atoms with van der Waals surface area (Å²) in [4.78, 5) is 0.